The van der Waals surface area contributed by atoms with Gasteiger partial charge in [-0.15, -0.1) is 0 Å². The number of thiophene rings is 1. The van der Waals surface area contributed by atoms with E-state index in [4.69, 9.17) is 0 Å². The molecule has 18 heavy (non-hydrogen) atoms. The van der Waals surface area contributed by atoms with Gasteiger partial charge in [0.15, 0.2) is 0 Å². The Morgan fingerprint density at radius 2 is 2.33 bits per heavy atom. The maximum absolute atomic E-state index is 11.9. The molecular formula is C13H13BrN2OS. The van der Waals surface area contributed by atoms with Crippen LogP contribution in [-0.4, -0.2) is 16.9 Å². The number of nitrogens with zero attached hydrogens (tertiary/aromatic N) is 1. The lowest BCUT2D eigenvalue weighted by atomic mass is 10.1. The molecule has 0 fully saturated rings. The van der Waals surface area contributed by atoms with Crippen molar-refractivity contribution in [2.75, 3.05) is 0 Å². The van der Waals surface area contributed by atoms with Crippen LogP contribution in [0.3, 0.4) is 0 Å². The minimum Gasteiger partial charge on any atom is -0.348 e. The predicted octanol–water partition coefficient (Wildman–Crippen LogP) is 3.27. The second-order valence-corrected chi connectivity index (χ2v) is 5.77. The molecule has 0 aliphatic heterocycles. The highest BCUT2D eigenvalue weighted by atomic mass is 79.9. The van der Waals surface area contributed by atoms with Gasteiger partial charge in [-0.25, -0.2) is 4.98 Å². The van der Waals surface area contributed by atoms with Crippen LogP contribution in [0.25, 0.3) is 0 Å². The van der Waals surface area contributed by atoms with Crippen molar-refractivity contribution in [2.45, 2.75) is 19.4 Å². The van der Waals surface area contributed by atoms with E-state index in [2.05, 4.69) is 37.7 Å². The number of nitrogens with one attached hydrogen (secondary N) is 1. The minimum atomic E-state index is -0.134. The molecule has 1 N–H and O–H groups in total. The summed E-state index contributed by atoms with van der Waals surface area (Å²) in [7, 11) is 0. The van der Waals surface area contributed by atoms with Crippen molar-refractivity contribution in [3.05, 3.63) is 50.9 Å². The molecule has 0 bridgehead atoms. The van der Waals surface area contributed by atoms with Crippen LogP contribution in [-0.2, 0) is 6.42 Å². The normalized spacial score (nSPS) is 12.1. The summed E-state index contributed by atoms with van der Waals surface area (Å²) in [5, 5.41) is 7.08. The Kier molecular flexibility index (Phi) is 4.49. The van der Waals surface area contributed by atoms with Gasteiger partial charge < -0.3 is 5.32 Å². The zero-order valence-corrected chi connectivity index (χ0v) is 12.3. The highest BCUT2D eigenvalue weighted by Gasteiger charge is 2.11. The van der Waals surface area contributed by atoms with Crippen molar-refractivity contribution in [2.24, 2.45) is 0 Å². The van der Waals surface area contributed by atoms with Gasteiger partial charge in [-0.1, -0.05) is 0 Å². The van der Waals surface area contributed by atoms with Gasteiger partial charge in [0.1, 0.15) is 5.69 Å². The first kappa shape index (κ1) is 13.2. The molecule has 2 heterocycles. The van der Waals surface area contributed by atoms with Crippen molar-refractivity contribution in [3.8, 4) is 0 Å². The number of carbonyl (C=O) groups is 1. The fourth-order valence-electron chi connectivity index (χ4n) is 1.62. The van der Waals surface area contributed by atoms with Crippen molar-refractivity contribution in [3.63, 3.8) is 0 Å². The molecule has 94 valence electrons. The van der Waals surface area contributed by atoms with E-state index >= 15 is 0 Å². The van der Waals surface area contributed by atoms with E-state index in [9.17, 15) is 4.79 Å². The summed E-state index contributed by atoms with van der Waals surface area (Å²) in [5.74, 6) is -0.134. The summed E-state index contributed by atoms with van der Waals surface area (Å²) in [5.41, 5.74) is 1.69. The predicted molar refractivity (Wildman–Crippen MR) is 76.9 cm³/mol. The van der Waals surface area contributed by atoms with Crippen LogP contribution in [0, 0.1) is 0 Å². The molecule has 2 aromatic rings. The number of halogens is 1. The SMILES string of the molecule is CC(Cc1ccsc1)NC(=O)c1ccc(Br)cn1. The molecule has 2 rings (SSSR count). The molecule has 0 aromatic carbocycles. The van der Waals surface area contributed by atoms with Gasteiger partial charge in [-0.2, -0.15) is 11.3 Å². The number of carbonyl (C=O) groups excluding carboxylic acids is 1. The maximum atomic E-state index is 11.9. The molecule has 0 saturated carbocycles. The Morgan fingerprint density at radius 1 is 1.50 bits per heavy atom. The van der Waals surface area contributed by atoms with Gasteiger partial charge in [0.2, 0.25) is 0 Å². The molecule has 3 nitrogen and oxygen atoms in total. The number of hydrogen-bond donors (Lipinski definition) is 1. The van der Waals surface area contributed by atoms with Crippen molar-refractivity contribution in [1.82, 2.24) is 10.3 Å². The molecule has 0 saturated heterocycles. The first-order chi connectivity index (χ1) is 8.65. The number of pyridine rings is 1. The fourth-order valence-corrected chi connectivity index (χ4v) is 2.54. The van der Waals surface area contributed by atoms with E-state index in [1.807, 2.05) is 18.4 Å². The van der Waals surface area contributed by atoms with Crippen LogP contribution < -0.4 is 5.32 Å². The molecule has 1 unspecified atom stereocenters. The van der Waals surface area contributed by atoms with E-state index < -0.39 is 0 Å². The van der Waals surface area contributed by atoms with Crippen molar-refractivity contribution >= 4 is 33.2 Å². The summed E-state index contributed by atoms with van der Waals surface area (Å²) >= 11 is 4.96. The van der Waals surface area contributed by atoms with Gasteiger partial charge in [0.05, 0.1) is 0 Å². The van der Waals surface area contributed by atoms with Crippen molar-refractivity contribution < 1.29 is 4.79 Å². The summed E-state index contributed by atoms with van der Waals surface area (Å²) in [4.78, 5) is 16.0. The third-order valence-corrected chi connectivity index (χ3v) is 3.66. The van der Waals surface area contributed by atoms with Crippen LogP contribution in [0.5, 0.6) is 0 Å². The van der Waals surface area contributed by atoms with Gasteiger partial charge in [0, 0.05) is 16.7 Å². The van der Waals surface area contributed by atoms with Crippen LogP contribution in [0.2, 0.25) is 0 Å². The van der Waals surface area contributed by atoms with Gasteiger partial charge in [-0.3, -0.25) is 4.79 Å². The molecule has 2 aromatic heterocycles. The van der Waals surface area contributed by atoms with E-state index in [0.29, 0.717) is 5.69 Å². The lowest BCUT2D eigenvalue weighted by Gasteiger charge is -2.12. The molecule has 0 aliphatic carbocycles. The van der Waals surface area contributed by atoms with Crippen LogP contribution in [0.1, 0.15) is 23.0 Å². The quantitative estimate of drug-likeness (QED) is 0.937. The number of rotatable bonds is 4. The standard InChI is InChI=1S/C13H13BrN2OS/c1-9(6-10-4-5-18-8-10)16-13(17)12-3-2-11(14)7-15-12/h2-5,7-9H,6H2,1H3,(H,16,17). The highest BCUT2D eigenvalue weighted by Crippen LogP contribution is 2.10. The van der Waals surface area contributed by atoms with Crippen LogP contribution in [0.15, 0.2) is 39.6 Å². The first-order valence-corrected chi connectivity index (χ1v) is 7.32. The van der Waals surface area contributed by atoms with E-state index in [1.54, 1.807) is 23.6 Å². The monoisotopic (exact) mass is 324 g/mol. The maximum Gasteiger partial charge on any atom is 0.270 e. The smallest absolute Gasteiger partial charge is 0.270 e. The number of aromatic nitrogens is 1. The molecule has 1 amide bonds. The van der Waals surface area contributed by atoms with Gasteiger partial charge in [-0.05, 0) is 63.8 Å². The van der Waals surface area contributed by atoms with Crippen LogP contribution in [0.4, 0.5) is 0 Å². The molecule has 0 radical (unpaired) electrons. The van der Waals surface area contributed by atoms with E-state index in [0.717, 1.165) is 10.9 Å². The molecule has 1 atom stereocenters. The second-order valence-electron chi connectivity index (χ2n) is 4.07. The van der Waals surface area contributed by atoms with Crippen molar-refractivity contribution in [1.29, 1.82) is 0 Å². The molecule has 0 spiro atoms. The van der Waals surface area contributed by atoms with E-state index in [1.165, 1.54) is 5.56 Å². The van der Waals surface area contributed by atoms with Gasteiger partial charge in [0.25, 0.3) is 5.91 Å². The van der Waals surface area contributed by atoms with Gasteiger partial charge >= 0.3 is 0 Å². The lowest BCUT2D eigenvalue weighted by Crippen LogP contribution is -2.34. The third-order valence-electron chi connectivity index (χ3n) is 2.46. The van der Waals surface area contributed by atoms with E-state index in [-0.39, 0.29) is 11.9 Å². The zero-order valence-electron chi connectivity index (χ0n) is 9.89. The second kappa shape index (κ2) is 6.11. The Hall–Kier alpha value is -1.20. The average Bonchev–Trinajstić information content (AvgIpc) is 2.82. The largest absolute Gasteiger partial charge is 0.348 e. The van der Waals surface area contributed by atoms with Crippen LogP contribution >= 0.6 is 27.3 Å². The molecule has 5 heteroatoms. The third kappa shape index (κ3) is 3.65. The molecule has 0 aliphatic rings. The first-order valence-electron chi connectivity index (χ1n) is 5.58. The Labute approximate surface area is 118 Å². The highest BCUT2D eigenvalue weighted by molar-refractivity contribution is 9.10. The topological polar surface area (TPSA) is 42.0 Å². The molecular weight excluding hydrogens is 312 g/mol. The number of hydrogen-bond acceptors (Lipinski definition) is 3. The number of amides is 1. The summed E-state index contributed by atoms with van der Waals surface area (Å²) in [6.07, 6.45) is 2.46. The average molecular weight is 325 g/mol. The fraction of sp³-hybridized carbons (Fsp3) is 0.231. The summed E-state index contributed by atoms with van der Waals surface area (Å²) < 4.78 is 0.866. The Balaban J connectivity index is 1.92. The Bertz CT molecular complexity index is 510. The minimum absolute atomic E-state index is 0.0950. The Morgan fingerprint density at radius 3 is 2.94 bits per heavy atom. The lowest BCUT2D eigenvalue weighted by molar-refractivity contribution is 0.0935. The summed E-state index contributed by atoms with van der Waals surface area (Å²) in [6.45, 7) is 1.99. The summed E-state index contributed by atoms with van der Waals surface area (Å²) in [6, 6.07) is 5.69. The zero-order chi connectivity index (χ0) is 13.0.